The molecule has 21 heavy (non-hydrogen) atoms. The highest BCUT2D eigenvalue weighted by atomic mass is 35.5. The summed E-state index contributed by atoms with van der Waals surface area (Å²) in [6.07, 6.45) is 0. The largest absolute Gasteiger partial charge is 0.477 e. The van der Waals surface area contributed by atoms with Crippen LogP contribution in [0.2, 0.25) is 5.15 Å². The van der Waals surface area contributed by atoms with Gasteiger partial charge in [-0.25, -0.2) is 9.78 Å². The predicted molar refractivity (Wildman–Crippen MR) is 74.1 cm³/mol. The molecule has 0 bridgehead atoms. The fourth-order valence-electron chi connectivity index (χ4n) is 1.67. The summed E-state index contributed by atoms with van der Waals surface area (Å²) in [4.78, 5) is 25.3. The summed E-state index contributed by atoms with van der Waals surface area (Å²) in [5, 5.41) is 20.1. The summed E-state index contributed by atoms with van der Waals surface area (Å²) in [5.41, 5.74) is -0.0487. The third-order valence-corrected chi connectivity index (χ3v) is 2.85. The molecule has 0 atom stereocenters. The van der Waals surface area contributed by atoms with E-state index in [1.807, 2.05) is 0 Å². The number of ether oxygens (including phenoxy) is 1. The van der Waals surface area contributed by atoms with Crippen LogP contribution in [0.25, 0.3) is 0 Å². The van der Waals surface area contributed by atoms with E-state index in [4.69, 9.17) is 21.4 Å². The number of carboxylic acids is 1. The number of halogens is 1. The summed E-state index contributed by atoms with van der Waals surface area (Å²) >= 11 is 5.71. The minimum absolute atomic E-state index is 0.0197. The molecule has 0 fully saturated rings. The van der Waals surface area contributed by atoms with E-state index in [1.165, 1.54) is 24.3 Å². The van der Waals surface area contributed by atoms with E-state index >= 15 is 0 Å². The van der Waals surface area contributed by atoms with Gasteiger partial charge in [0.2, 0.25) is 11.6 Å². The number of nitro groups is 1. The topological polar surface area (TPSA) is 103 Å². The Kier molecular flexibility index (Phi) is 4.04. The van der Waals surface area contributed by atoms with Gasteiger partial charge in [-0.15, -0.1) is 0 Å². The minimum atomic E-state index is -1.27. The van der Waals surface area contributed by atoms with Gasteiger partial charge in [0.05, 0.1) is 4.92 Å². The quantitative estimate of drug-likeness (QED) is 0.527. The molecule has 8 heteroatoms. The van der Waals surface area contributed by atoms with E-state index in [2.05, 4.69) is 4.98 Å². The fourth-order valence-corrected chi connectivity index (χ4v) is 1.81. The molecule has 0 amide bonds. The molecule has 0 radical (unpaired) electrons. The van der Waals surface area contributed by atoms with Crippen molar-refractivity contribution in [3.8, 4) is 11.6 Å². The molecule has 108 valence electrons. The third kappa shape index (κ3) is 3.09. The molecular formula is C13H9ClN2O5. The minimum Gasteiger partial charge on any atom is -0.477 e. The van der Waals surface area contributed by atoms with E-state index in [1.54, 1.807) is 13.0 Å². The summed E-state index contributed by atoms with van der Waals surface area (Å²) < 4.78 is 5.36. The van der Waals surface area contributed by atoms with Crippen molar-refractivity contribution in [1.82, 2.24) is 4.98 Å². The maximum atomic E-state index is 11.1. The Balaban J connectivity index is 2.55. The molecule has 0 aliphatic carbocycles. The highest BCUT2D eigenvalue weighted by Crippen LogP contribution is 2.35. The molecule has 0 unspecified atom stereocenters. The van der Waals surface area contributed by atoms with Crippen molar-refractivity contribution in [2.24, 2.45) is 0 Å². The first-order chi connectivity index (χ1) is 9.90. The average molecular weight is 309 g/mol. The van der Waals surface area contributed by atoms with Gasteiger partial charge in [0, 0.05) is 6.07 Å². The molecule has 7 nitrogen and oxygen atoms in total. The van der Waals surface area contributed by atoms with Crippen molar-refractivity contribution < 1.29 is 19.6 Å². The third-order valence-electron chi connectivity index (χ3n) is 2.64. The van der Waals surface area contributed by atoms with Crippen molar-refractivity contribution in [1.29, 1.82) is 0 Å². The zero-order chi connectivity index (χ0) is 15.6. The monoisotopic (exact) mass is 308 g/mol. The van der Waals surface area contributed by atoms with Crippen LogP contribution >= 0.6 is 11.6 Å². The molecule has 1 heterocycles. The molecule has 0 aliphatic heterocycles. The first-order valence-electron chi connectivity index (χ1n) is 5.72. The Morgan fingerprint density at radius 2 is 2.10 bits per heavy atom. The molecule has 0 saturated carbocycles. The number of rotatable bonds is 4. The Morgan fingerprint density at radius 3 is 2.71 bits per heavy atom. The maximum Gasteiger partial charge on any atom is 0.341 e. The normalized spacial score (nSPS) is 10.2. The number of aromatic nitrogens is 1. The van der Waals surface area contributed by atoms with Crippen LogP contribution in [0.5, 0.6) is 11.6 Å². The SMILES string of the molecule is Cc1cccc([N+](=O)[O-])c1Oc1nc(Cl)ccc1C(=O)O. The van der Waals surface area contributed by atoms with E-state index in [0.29, 0.717) is 5.56 Å². The number of nitro benzene ring substituents is 1. The van der Waals surface area contributed by atoms with Crippen LogP contribution in [-0.2, 0) is 0 Å². The average Bonchev–Trinajstić information content (AvgIpc) is 2.40. The van der Waals surface area contributed by atoms with Crippen molar-refractivity contribution in [3.63, 3.8) is 0 Å². The second-order valence-corrected chi connectivity index (χ2v) is 4.46. The van der Waals surface area contributed by atoms with Gasteiger partial charge < -0.3 is 9.84 Å². The number of aromatic carboxylic acids is 1. The lowest BCUT2D eigenvalue weighted by atomic mass is 10.2. The van der Waals surface area contributed by atoms with Gasteiger partial charge in [0.25, 0.3) is 0 Å². The number of benzene rings is 1. The summed E-state index contributed by atoms with van der Waals surface area (Å²) in [5.74, 6) is -1.64. The van der Waals surface area contributed by atoms with Gasteiger partial charge >= 0.3 is 11.7 Å². The van der Waals surface area contributed by atoms with E-state index in [0.717, 1.165) is 0 Å². The Morgan fingerprint density at radius 1 is 1.38 bits per heavy atom. The number of aryl methyl sites for hydroxylation is 1. The first kappa shape index (κ1) is 14.7. The number of pyridine rings is 1. The molecule has 2 aromatic rings. The summed E-state index contributed by atoms with van der Waals surface area (Å²) in [6, 6.07) is 6.88. The molecule has 1 aromatic heterocycles. The van der Waals surface area contributed by atoms with E-state index in [-0.39, 0.29) is 28.0 Å². The summed E-state index contributed by atoms with van der Waals surface area (Å²) in [6.45, 7) is 1.60. The standard InChI is InChI=1S/C13H9ClN2O5/c1-7-3-2-4-9(16(19)20)11(7)21-12-8(13(17)18)5-6-10(14)15-12/h2-6H,1H3,(H,17,18). The molecular weight excluding hydrogens is 300 g/mol. The fraction of sp³-hybridized carbons (Fsp3) is 0.0769. The molecule has 0 spiro atoms. The van der Waals surface area contributed by atoms with Crippen LogP contribution in [0.4, 0.5) is 5.69 Å². The highest BCUT2D eigenvalue weighted by molar-refractivity contribution is 6.29. The highest BCUT2D eigenvalue weighted by Gasteiger charge is 2.21. The lowest BCUT2D eigenvalue weighted by Crippen LogP contribution is -2.04. The number of hydrogen-bond acceptors (Lipinski definition) is 5. The molecule has 1 aromatic carbocycles. The molecule has 0 saturated heterocycles. The smallest absolute Gasteiger partial charge is 0.341 e. The number of hydrogen-bond donors (Lipinski definition) is 1. The Bertz CT molecular complexity index is 732. The molecule has 0 aliphatic rings. The second kappa shape index (κ2) is 5.76. The van der Waals surface area contributed by atoms with Crippen molar-refractivity contribution in [3.05, 3.63) is 56.7 Å². The molecule has 2 rings (SSSR count). The summed E-state index contributed by atoms with van der Waals surface area (Å²) in [7, 11) is 0. The number of carboxylic acid groups (broad SMARTS) is 1. The molecule has 1 N–H and O–H groups in total. The first-order valence-corrected chi connectivity index (χ1v) is 6.09. The van der Waals surface area contributed by atoms with E-state index in [9.17, 15) is 14.9 Å². The zero-order valence-electron chi connectivity index (χ0n) is 10.7. The van der Waals surface area contributed by atoms with Gasteiger partial charge in [-0.05, 0) is 24.6 Å². The van der Waals surface area contributed by atoms with Gasteiger partial charge in [-0.1, -0.05) is 23.7 Å². The van der Waals surface area contributed by atoms with Crippen LogP contribution < -0.4 is 4.74 Å². The lowest BCUT2D eigenvalue weighted by Gasteiger charge is -2.10. The van der Waals surface area contributed by atoms with E-state index < -0.39 is 10.9 Å². The number of carbonyl (C=O) groups is 1. The van der Waals surface area contributed by atoms with Crippen molar-refractivity contribution >= 4 is 23.3 Å². The lowest BCUT2D eigenvalue weighted by molar-refractivity contribution is -0.385. The van der Waals surface area contributed by atoms with Crippen LogP contribution in [0.1, 0.15) is 15.9 Å². The van der Waals surface area contributed by atoms with Gasteiger partial charge in [0.1, 0.15) is 10.7 Å². The van der Waals surface area contributed by atoms with Gasteiger partial charge in [-0.2, -0.15) is 0 Å². The van der Waals surface area contributed by atoms with Crippen molar-refractivity contribution in [2.45, 2.75) is 6.92 Å². The van der Waals surface area contributed by atoms with Crippen LogP contribution in [0, 0.1) is 17.0 Å². The van der Waals surface area contributed by atoms with Crippen LogP contribution in [0.15, 0.2) is 30.3 Å². The predicted octanol–water partition coefficient (Wildman–Crippen LogP) is 3.44. The number of para-hydroxylation sites is 1. The number of nitrogens with zero attached hydrogens (tertiary/aromatic N) is 2. The Labute approximate surface area is 123 Å². The van der Waals surface area contributed by atoms with Crippen LogP contribution in [0.3, 0.4) is 0 Å². The van der Waals surface area contributed by atoms with Crippen LogP contribution in [-0.4, -0.2) is 21.0 Å². The van der Waals surface area contributed by atoms with Gasteiger partial charge in [0.15, 0.2) is 0 Å². The van der Waals surface area contributed by atoms with Crippen molar-refractivity contribution in [2.75, 3.05) is 0 Å². The zero-order valence-corrected chi connectivity index (χ0v) is 11.5. The maximum absolute atomic E-state index is 11.1. The Hall–Kier alpha value is -2.67. The van der Waals surface area contributed by atoms with Gasteiger partial charge in [-0.3, -0.25) is 10.1 Å². The second-order valence-electron chi connectivity index (χ2n) is 4.07.